The number of hydrogen-bond donors (Lipinski definition) is 0. The van der Waals surface area contributed by atoms with E-state index in [0.717, 1.165) is 0 Å². The fraction of sp³-hybridized carbons (Fsp3) is 0.918. The van der Waals surface area contributed by atoms with Crippen molar-refractivity contribution in [2.75, 3.05) is 0 Å². The molecule has 698 valence electrons. The average Bonchev–Trinajstić information content (AvgIpc) is 0.970. The number of halogens is 68. The quantitative estimate of drug-likeness (QED) is 0.0537. The summed E-state index contributed by atoms with van der Waals surface area (Å²) in [5.74, 6) is -255. The van der Waals surface area contributed by atoms with Crippen LogP contribution < -0.4 is 0 Å². The van der Waals surface area contributed by atoms with Gasteiger partial charge in [-0.25, -0.2) is 0 Å². The largest absolute Gasteiger partial charge is 0.460 e. The number of hydrogen-bond acceptors (Lipinski definition) is 0. The molecule has 0 fully saturated rings. The van der Waals surface area contributed by atoms with Crippen LogP contribution in [0.2, 0.25) is 0 Å². The Hall–Kier alpha value is -5.28. The van der Waals surface area contributed by atoms with Crippen molar-refractivity contribution in [3.8, 4) is 0 Å². The average molecular weight is 1910 g/mol. The van der Waals surface area contributed by atoms with Gasteiger partial charge >= 0.3 is 191 Å². The molecule has 117 heavy (non-hydrogen) atoms. The van der Waals surface area contributed by atoms with Gasteiger partial charge in [-0.05, 0) is 68.9 Å². The maximum absolute atomic E-state index is 15.2. The van der Waals surface area contributed by atoms with E-state index in [9.17, 15) is 263 Å². The van der Waals surface area contributed by atoms with Crippen LogP contribution in [0, 0.1) is 0 Å². The minimum absolute atomic E-state index is 2.26. The zero-order valence-corrected chi connectivity index (χ0v) is 52.9. The zero-order valence-electron chi connectivity index (χ0n) is 52.9. The molecule has 0 bridgehead atoms. The number of allylic oxidation sites excluding steroid dienone is 4. The molecule has 68 heteroatoms. The molecule has 0 aromatic heterocycles. The van der Waals surface area contributed by atoms with Crippen molar-refractivity contribution >= 4 is 0 Å². The Kier molecular flexibility index (Phi) is 27.9. The molecule has 0 saturated carbocycles. The molecule has 1 aliphatic rings. The van der Waals surface area contributed by atoms with Crippen LogP contribution in [0.5, 0.6) is 0 Å². The highest BCUT2D eigenvalue weighted by molar-refractivity contribution is 5.48. The summed E-state index contributed by atoms with van der Waals surface area (Å²) < 4.78 is 952. The Morgan fingerprint density at radius 1 is 0.128 bits per heavy atom. The zero-order chi connectivity index (χ0) is 95.5. The molecule has 0 unspecified atom stereocenters. The van der Waals surface area contributed by atoms with E-state index in [1.165, 1.54) is 0 Å². The fourth-order valence-electron chi connectivity index (χ4n) is 9.47. The van der Waals surface area contributed by atoms with Crippen LogP contribution in [0.25, 0.3) is 0 Å². The van der Waals surface area contributed by atoms with Gasteiger partial charge in [-0.3, -0.25) is 0 Å². The van der Waals surface area contributed by atoms with Crippen molar-refractivity contribution in [2.24, 2.45) is 0 Å². The normalized spacial score (nSPS) is 17.5. The van der Waals surface area contributed by atoms with Crippen LogP contribution in [0.3, 0.4) is 0 Å². The third kappa shape index (κ3) is 15.5. The second-order valence-corrected chi connectivity index (χ2v) is 24.3. The molecule has 0 aromatic carbocycles. The standard InChI is InChI=1S/C49H26F68/c50-18(51,22(58,59)26(66,67)30(74,75)34(82,83)38(90,91)42(98,99)46(106,107)108)9-1-5-14-13-15(6-2-10-19(52,53)23(60,61)27(68,69)31(76,77)35(84,85)39(92,93)43(100,101)47(109,110)111)17(8-4-12-21(56,57)25(64,65)29(72,73)33(80,81)37(88,89)41(96,97)45(104,105)49(115,116)117)16(14)7-3-11-20(54,55)24(62,63)28(70,71)32(78,79)36(86,87)40(94,95)44(102,103)48(112,113)114/h1-13H2. The second kappa shape index (κ2) is 29.7. The fourth-order valence-corrected chi connectivity index (χ4v) is 9.47. The summed E-state index contributed by atoms with van der Waals surface area (Å²) in [6.07, 6.45) is -77.2. The van der Waals surface area contributed by atoms with E-state index in [1.807, 2.05) is 0 Å². The minimum Gasteiger partial charge on any atom is -0.200 e. The van der Waals surface area contributed by atoms with E-state index < -0.39 is 296 Å². The molecule has 0 amide bonds. The van der Waals surface area contributed by atoms with E-state index >= 15 is 35.1 Å². The van der Waals surface area contributed by atoms with Crippen molar-refractivity contribution < 1.29 is 299 Å². The molecular formula is C49H26F68. The highest BCUT2D eigenvalue weighted by Gasteiger charge is 3.00. The first-order valence-electron chi connectivity index (χ1n) is 28.1. The van der Waals surface area contributed by atoms with Crippen molar-refractivity contribution in [1.29, 1.82) is 0 Å². The summed E-state index contributed by atoms with van der Waals surface area (Å²) in [4.78, 5) is 0. The molecule has 0 radical (unpaired) electrons. The minimum atomic E-state index is -9.64. The van der Waals surface area contributed by atoms with Gasteiger partial charge in [0.25, 0.3) is 0 Å². The summed E-state index contributed by atoms with van der Waals surface area (Å²) in [5.41, 5.74) is -9.47. The van der Waals surface area contributed by atoms with Crippen LogP contribution in [0.15, 0.2) is 22.3 Å². The summed E-state index contributed by atoms with van der Waals surface area (Å²) in [6.45, 7) is 0. The Morgan fingerprint density at radius 3 is 0.350 bits per heavy atom. The molecule has 0 aliphatic heterocycles. The maximum atomic E-state index is 15.2. The predicted molar refractivity (Wildman–Crippen MR) is 237 cm³/mol. The third-order valence-electron chi connectivity index (χ3n) is 16.6. The van der Waals surface area contributed by atoms with Gasteiger partial charge in [-0.1, -0.05) is 11.1 Å². The molecule has 1 aliphatic carbocycles. The smallest absolute Gasteiger partial charge is 0.200 e. The Bertz CT molecular complexity index is 3280. The molecule has 0 atom stereocenters. The molecule has 0 spiro atoms. The first kappa shape index (κ1) is 110. The Morgan fingerprint density at radius 2 is 0.231 bits per heavy atom. The van der Waals surface area contributed by atoms with Crippen LogP contribution in [-0.2, 0) is 0 Å². The number of rotatable bonds is 40. The Labute approximate surface area is 595 Å². The van der Waals surface area contributed by atoms with Gasteiger partial charge in [0.15, 0.2) is 0 Å². The number of alkyl halides is 68. The molecule has 0 nitrogen and oxygen atoms in total. The van der Waals surface area contributed by atoms with E-state index in [-0.39, 0.29) is 0 Å². The van der Waals surface area contributed by atoms with Crippen molar-refractivity contribution in [1.82, 2.24) is 0 Å². The van der Waals surface area contributed by atoms with Crippen molar-refractivity contribution in [3.05, 3.63) is 22.3 Å². The van der Waals surface area contributed by atoms with Crippen LogP contribution >= 0.6 is 0 Å². The van der Waals surface area contributed by atoms with Crippen LogP contribution in [-0.4, -0.2) is 191 Å². The summed E-state index contributed by atoms with van der Waals surface area (Å²) >= 11 is 0. The van der Waals surface area contributed by atoms with Gasteiger partial charge in [0, 0.05) is 25.7 Å². The van der Waals surface area contributed by atoms with Crippen LogP contribution in [0.1, 0.15) is 83.5 Å². The maximum Gasteiger partial charge on any atom is 0.460 e. The molecule has 0 saturated heterocycles. The molecule has 1 rings (SSSR count). The van der Waals surface area contributed by atoms with Gasteiger partial charge in [0.1, 0.15) is 0 Å². The van der Waals surface area contributed by atoms with Gasteiger partial charge in [-0.15, -0.1) is 0 Å². The summed E-state index contributed by atoms with van der Waals surface area (Å²) in [7, 11) is 0. The monoisotopic (exact) mass is 1910 g/mol. The lowest BCUT2D eigenvalue weighted by Gasteiger charge is -2.43. The van der Waals surface area contributed by atoms with Crippen molar-refractivity contribution in [2.45, 2.75) is 274 Å². The van der Waals surface area contributed by atoms with Gasteiger partial charge in [0.05, 0.1) is 0 Å². The molecule has 0 aromatic rings. The topological polar surface area (TPSA) is 0 Å². The van der Waals surface area contributed by atoms with Gasteiger partial charge < -0.3 is 0 Å². The van der Waals surface area contributed by atoms with Crippen molar-refractivity contribution in [3.63, 3.8) is 0 Å². The summed E-state index contributed by atoms with van der Waals surface area (Å²) in [6, 6.07) is 0. The van der Waals surface area contributed by atoms with Crippen LogP contribution in [0.4, 0.5) is 299 Å². The van der Waals surface area contributed by atoms with E-state index in [0.29, 0.717) is 0 Å². The lowest BCUT2D eigenvalue weighted by Crippen LogP contribution is -2.74. The molecule has 0 heterocycles. The SMILES string of the molecule is FC(F)(F)C(F)(F)C(F)(F)C(F)(F)C(F)(F)C(F)(F)C(F)(F)C(F)(F)CCCC1=C(CCCC(F)(F)C(F)(F)C(F)(F)C(F)(F)C(F)(F)C(F)(F)C(F)(F)C(F)(F)F)C(CCCC(F)(F)C(F)(F)C(F)(F)C(F)(F)C(F)(F)C(F)(F)C(F)(F)C(F)(F)F)=C(CCCC(F)(F)C(F)(F)C(F)(F)C(F)(F)C(F)(F)C(F)(F)C(F)(F)C(F)(F)F)C1. The molecular weight excluding hydrogens is 1880 g/mol. The third-order valence-corrected chi connectivity index (χ3v) is 16.6. The summed E-state index contributed by atoms with van der Waals surface area (Å²) in [5, 5.41) is 0. The van der Waals surface area contributed by atoms with E-state index in [2.05, 4.69) is 0 Å². The second-order valence-electron chi connectivity index (χ2n) is 24.3. The molecule has 0 N–H and O–H groups in total. The van der Waals surface area contributed by atoms with Gasteiger partial charge in [0.2, 0.25) is 0 Å². The lowest BCUT2D eigenvalue weighted by molar-refractivity contribution is -0.461. The van der Waals surface area contributed by atoms with Gasteiger partial charge in [-0.2, -0.15) is 299 Å². The highest BCUT2D eigenvalue weighted by Crippen LogP contribution is 2.71. The highest BCUT2D eigenvalue weighted by atomic mass is 19.5. The first-order valence-corrected chi connectivity index (χ1v) is 28.1. The van der Waals surface area contributed by atoms with E-state index in [1.54, 1.807) is 0 Å². The predicted octanol–water partition coefficient (Wildman–Crippen LogP) is 27.7. The Balaban J connectivity index is 4.82. The first-order chi connectivity index (χ1) is 49.9. The van der Waals surface area contributed by atoms with E-state index in [4.69, 9.17) is 0 Å². The lowest BCUT2D eigenvalue weighted by atomic mass is 9.86.